The number of nitrogens with one attached hydrogen (secondary N) is 2. The van der Waals surface area contributed by atoms with Crippen molar-refractivity contribution in [1.82, 2.24) is 15.5 Å². The number of thioether (sulfide) groups is 1. The summed E-state index contributed by atoms with van der Waals surface area (Å²) >= 11 is 1.50. The number of aliphatic imine (C=N–C) groups is 1. The van der Waals surface area contributed by atoms with Crippen LogP contribution >= 0.6 is 11.8 Å². The van der Waals surface area contributed by atoms with Gasteiger partial charge in [-0.05, 0) is 30.7 Å². The number of carbonyl (C=O) groups is 2. The second kappa shape index (κ2) is 7.23. The minimum Gasteiger partial charge on any atom is -0.355 e. The van der Waals surface area contributed by atoms with Crippen molar-refractivity contribution in [2.45, 2.75) is 38.3 Å². The topological polar surface area (TPSA) is 73.8 Å². The molecule has 6 nitrogen and oxygen atoms in total. The number of carbonyl (C=O) groups excluding carboxylic acids is 2. The van der Waals surface area contributed by atoms with Crippen molar-refractivity contribution in [2.24, 2.45) is 4.99 Å². The summed E-state index contributed by atoms with van der Waals surface area (Å²) in [6, 6.07) is 9.93. The minimum absolute atomic E-state index is 0.0187. The van der Waals surface area contributed by atoms with Gasteiger partial charge in [-0.3, -0.25) is 9.59 Å². The summed E-state index contributed by atoms with van der Waals surface area (Å²) in [6.07, 6.45) is 2.41. The van der Waals surface area contributed by atoms with Crippen molar-refractivity contribution < 1.29 is 9.59 Å². The fraction of sp³-hybridized carbons (Fsp3) is 0.350. The van der Waals surface area contributed by atoms with Gasteiger partial charge in [0.15, 0.2) is 5.17 Å². The molecular weight excluding hydrogens is 360 g/mol. The number of allylic oxidation sites excluding steroid dienone is 1. The molecule has 0 bridgehead atoms. The van der Waals surface area contributed by atoms with Crippen LogP contribution in [0.15, 0.2) is 57.7 Å². The van der Waals surface area contributed by atoms with Crippen LogP contribution in [0.3, 0.4) is 0 Å². The first kappa shape index (κ1) is 17.9. The molecule has 140 valence electrons. The molecule has 2 aliphatic heterocycles. The highest BCUT2D eigenvalue weighted by Crippen LogP contribution is 2.44. The van der Waals surface area contributed by atoms with Gasteiger partial charge in [0.05, 0.1) is 23.7 Å². The van der Waals surface area contributed by atoms with Gasteiger partial charge in [-0.1, -0.05) is 42.1 Å². The van der Waals surface area contributed by atoms with Crippen molar-refractivity contribution in [3.05, 3.63) is 58.3 Å². The van der Waals surface area contributed by atoms with E-state index in [0.29, 0.717) is 17.3 Å². The number of likely N-dealkylation sites (N-methyl/N-ethyl adjacent to an activating group) is 1. The van der Waals surface area contributed by atoms with Gasteiger partial charge in [0.1, 0.15) is 0 Å². The number of amides is 2. The number of benzene rings is 1. The molecule has 0 radical (unpaired) electrons. The maximum Gasteiger partial charge on any atom is 0.251 e. The van der Waals surface area contributed by atoms with Crippen LogP contribution in [0.2, 0.25) is 0 Å². The molecule has 1 aromatic carbocycles. The van der Waals surface area contributed by atoms with E-state index in [2.05, 4.69) is 15.6 Å². The van der Waals surface area contributed by atoms with E-state index < -0.39 is 0 Å². The molecule has 1 unspecified atom stereocenters. The maximum absolute atomic E-state index is 12.7. The average Bonchev–Trinajstić information content (AvgIpc) is 3.40. The zero-order chi connectivity index (χ0) is 19.0. The molecule has 1 atom stereocenters. The van der Waals surface area contributed by atoms with Crippen molar-refractivity contribution in [2.75, 3.05) is 7.05 Å². The summed E-state index contributed by atoms with van der Waals surface area (Å²) < 4.78 is 0. The Kier molecular flexibility index (Phi) is 4.78. The molecule has 0 spiro atoms. The van der Waals surface area contributed by atoms with Gasteiger partial charge < -0.3 is 15.5 Å². The molecule has 0 aromatic heterocycles. The van der Waals surface area contributed by atoms with Gasteiger partial charge >= 0.3 is 0 Å². The normalized spacial score (nSPS) is 21.4. The molecule has 27 heavy (non-hydrogen) atoms. The first-order valence-electron chi connectivity index (χ1n) is 9.09. The van der Waals surface area contributed by atoms with E-state index in [0.717, 1.165) is 29.3 Å². The smallest absolute Gasteiger partial charge is 0.251 e. The third kappa shape index (κ3) is 3.51. The van der Waals surface area contributed by atoms with Crippen molar-refractivity contribution in [3.63, 3.8) is 0 Å². The third-order valence-electron chi connectivity index (χ3n) is 4.87. The molecule has 0 saturated heterocycles. The van der Waals surface area contributed by atoms with Gasteiger partial charge in [-0.2, -0.15) is 0 Å². The van der Waals surface area contributed by atoms with Crippen LogP contribution in [0.25, 0.3) is 0 Å². The van der Waals surface area contributed by atoms with Gasteiger partial charge in [-0.15, -0.1) is 0 Å². The van der Waals surface area contributed by atoms with Crippen LogP contribution in [-0.4, -0.2) is 35.0 Å². The molecule has 7 heteroatoms. The molecular formula is C20H22N4O2S. The van der Waals surface area contributed by atoms with Crippen LogP contribution < -0.4 is 10.6 Å². The van der Waals surface area contributed by atoms with Crippen LogP contribution in [0.4, 0.5) is 0 Å². The van der Waals surface area contributed by atoms with E-state index in [-0.39, 0.29) is 24.3 Å². The van der Waals surface area contributed by atoms with E-state index in [9.17, 15) is 9.59 Å². The Morgan fingerprint density at radius 1 is 1.26 bits per heavy atom. The number of rotatable bonds is 5. The summed E-state index contributed by atoms with van der Waals surface area (Å²) in [7, 11) is 1.63. The van der Waals surface area contributed by atoms with E-state index in [1.807, 2.05) is 47.6 Å². The Balaban J connectivity index is 1.70. The monoisotopic (exact) mass is 382 g/mol. The number of nitrogens with zero attached hydrogens (tertiary/aromatic N) is 2. The molecule has 2 amide bonds. The fourth-order valence-corrected chi connectivity index (χ4v) is 4.38. The van der Waals surface area contributed by atoms with E-state index >= 15 is 0 Å². The molecule has 1 aliphatic carbocycles. The van der Waals surface area contributed by atoms with Crippen LogP contribution in [0.5, 0.6) is 0 Å². The largest absolute Gasteiger partial charge is 0.355 e. The zero-order valence-electron chi connectivity index (χ0n) is 15.4. The number of fused-ring (bicyclic) bond motifs is 1. The number of hydrogen-bond acceptors (Lipinski definition) is 5. The lowest BCUT2D eigenvalue weighted by Gasteiger charge is -2.36. The van der Waals surface area contributed by atoms with Gasteiger partial charge in [-0.25, -0.2) is 4.99 Å². The Morgan fingerprint density at radius 3 is 2.67 bits per heavy atom. The zero-order valence-corrected chi connectivity index (χ0v) is 16.2. The SMILES string of the molecule is CNC(=O)C1=C(C)N=C2SC=C(CC(=O)NC3CC3)N2C1c1ccccc1. The van der Waals surface area contributed by atoms with Gasteiger partial charge in [0, 0.05) is 18.8 Å². The van der Waals surface area contributed by atoms with Gasteiger partial charge in [0.25, 0.3) is 5.91 Å². The van der Waals surface area contributed by atoms with E-state index in [4.69, 9.17) is 0 Å². The minimum atomic E-state index is -0.298. The lowest BCUT2D eigenvalue weighted by molar-refractivity contribution is -0.120. The Morgan fingerprint density at radius 2 is 2.00 bits per heavy atom. The summed E-state index contributed by atoms with van der Waals surface area (Å²) in [5.41, 5.74) is 3.20. The fourth-order valence-electron chi connectivity index (χ4n) is 3.42. The quantitative estimate of drug-likeness (QED) is 0.821. The average molecular weight is 382 g/mol. The Bertz CT molecular complexity index is 871. The highest BCUT2D eigenvalue weighted by atomic mass is 32.2. The molecule has 2 heterocycles. The van der Waals surface area contributed by atoms with Crippen molar-refractivity contribution in [3.8, 4) is 0 Å². The van der Waals surface area contributed by atoms with E-state index in [1.165, 1.54) is 11.8 Å². The first-order chi connectivity index (χ1) is 13.1. The van der Waals surface area contributed by atoms with Crippen LogP contribution in [0.1, 0.15) is 37.8 Å². The molecule has 2 N–H and O–H groups in total. The predicted octanol–water partition coefficient (Wildman–Crippen LogP) is 2.68. The van der Waals surface area contributed by atoms with E-state index in [1.54, 1.807) is 7.05 Å². The summed E-state index contributed by atoms with van der Waals surface area (Å²) in [4.78, 5) is 31.7. The van der Waals surface area contributed by atoms with Gasteiger partial charge in [0.2, 0.25) is 5.91 Å². The highest BCUT2D eigenvalue weighted by Gasteiger charge is 2.40. The first-order valence-corrected chi connectivity index (χ1v) is 9.97. The van der Waals surface area contributed by atoms with Crippen molar-refractivity contribution >= 4 is 28.7 Å². The predicted molar refractivity (Wildman–Crippen MR) is 107 cm³/mol. The second-order valence-electron chi connectivity index (χ2n) is 6.90. The molecule has 4 rings (SSSR count). The number of hydrogen-bond donors (Lipinski definition) is 2. The summed E-state index contributed by atoms with van der Waals surface area (Å²) in [5.74, 6) is -0.131. The molecule has 3 aliphatic rings. The standard InChI is InChI=1S/C20H22N4O2S/c1-12-17(19(26)21-2)18(13-6-4-3-5-7-13)24-15(11-27-20(24)22-12)10-16(25)23-14-8-9-14/h3-7,11,14,18H,8-10H2,1-2H3,(H,21,26)(H,23,25). The molecule has 1 fully saturated rings. The molecule has 1 aromatic rings. The Hall–Kier alpha value is -2.54. The van der Waals surface area contributed by atoms with Crippen LogP contribution in [0, 0.1) is 0 Å². The van der Waals surface area contributed by atoms with Crippen molar-refractivity contribution in [1.29, 1.82) is 0 Å². The third-order valence-corrected chi connectivity index (χ3v) is 5.76. The molecule has 1 saturated carbocycles. The number of amidine groups is 1. The lowest BCUT2D eigenvalue weighted by atomic mass is 9.93. The summed E-state index contributed by atoms with van der Waals surface area (Å²) in [5, 5.41) is 8.56. The lowest BCUT2D eigenvalue weighted by Crippen LogP contribution is -2.39. The summed E-state index contributed by atoms with van der Waals surface area (Å²) in [6.45, 7) is 1.86. The van der Waals surface area contributed by atoms with Crippen LogP contribution in [-0.2, 0) is 9.59 Å². The Labute approximate surface area is 162 Å². The highest BCUT2D eigenvalue weighted by molar-refractivity contribution is 8.16. The maximum atomic E-state index is 12.7. The second-order valence-corrected chi connectivity index (χ2v) is 7.74.